The van der Waals surface area contributed by atoms with Crippen LogP contribution in [0.4, 0.5) is 5.69 Å². The van der Waals surface area contributed by atoms with Crippen molar-refractivity contribution in [1.29, 1.82) is 0 Å². The van der Waals surface area contributed by atoms with Crippen LogP contribution in [-0.2, 0) is 11.2 Å². The smallest absolute Gasteiger partial charge is 0.228 e. The minimum Gasteiger partial charge on any atom is -0.474 e. The zero-order chi connectivity index (χ0) is 18.8. The Labute approximate surface area is 166 Å². The van der Waals surface area contributed by atoms with Crippen LogP contribution >= 0.6 is 23.5 Å². The minimum absolute atomic E-state index is 0.149. The molecule has 0 bridgehead atoms. The molecule has 1 amide bonds. The van der Waals surface area contributed by atoms with Crippen LogP contribution in [0.5, 0.6) is 5.88 Å². The molecule has 7 heteroatoms. The van der Waals surface area contributed by atoms with E-state index < -0.39 is 0 Å². The van der Waals surface area contributed by atoms with Crippen LogP contribution in [0.15, 0.2) is 53.6 Å². The van der Waals surface area contributed by atoms with E-state index in [4.69, 9.17) is 21.5 Å². The second-order valence-corrected chi connectivity index (χ2v) is 7.52. The fraction of sp³-hybridized carbons (Fsp3) is 0.200. The summed E-state index contributed by atoms with van der Waals surface area (Å²) in [5, 5.41) is 11.2. The van der Waals surface area contributed by atoms with Crippen molar-refractivity contribution in [2.45, 2.75) is 30.3 Å². The summed E-state index contributed by atoms with van der Waals surface area (Å²) in [6.07, 6.45) is 4.24. The molecule has 27 heavy (non-hydrogen) atoms. The van der Waals surface area contributed by atoms with Gasteiger partial charge in [0, 0.05) is 32.6 Å². The summed E-state index contributed by atoms with van der Waals surface area (Å²) in [6, 6.07) is 13.0. The van der Waals surface area contributed by atoms with Crippen LogP contribution < -0.4 is 15.2 Å². The third-order valence-electron chi connectivity index (χ3n) is 4.33. The summed E-state index contributed by atoms with van der Waals surface area (Å²) in [7, 11) is 0. The maximum atomic E-state index is 12.5. The van der Waals surface area contributed by atoms with Gasteiger partial charge in [0.05, 0.1) is 6.42 Å². The molecule has 1 aliphatic rings. The molecule has 0 spiro atoms. The quantitative estimate of drug-likeness (QED) is 0.593. The van der Waals surface area contributed by atoms with Crippen molar-refractivity contribution < 1.29 is 9.53 Å². The lowest BCUT2D eigenvalue weighted by molar-refractivity contribution is -0.115. The Hall–Kier alpha value is -2.28. The lowest BCUT2D eigenvalue weighted by atomic mass is 10.1. The Morgan fingerprint density at radius 1 is 1.26 bits per heavy atom. The summed E-state index contributed by atoms with van der Waals surface area (Å²) < 4.78 is 5.92. The van der Waals surface area contributed by atoms with Crippen LogP contribution in [0.2, 0.25) is 5.02 Å². The summed E-state index contributed by atoms with van der Waals surface area (Å²) in [6.45, 7) is 0. The van der Waals surface area contributed by atoms with Crippen molar-refractivity contribution >= 4 is 45.9 Å². The third-order valence-corrected chi connectivity index (χ3v) is 5.29. The fourth-order valence-corrected chi connectivity index (χ4v) is 3.55. The fourth-order valence-electron chi connectivity index (χ4n) is 2.85. The molecule has 3 N–H and O–H groups in total. The van der Waals surface area contributed by atoms with Gasteiger partial charge in [-0.25, -0.2) is 4.98 Å². The number of pyridine rings is 1. The van der Waals surface area contributed by atoms with Crippen molar-refractivity contribution in [3.8, 4) is 5.88 Å². The molecule has 1 aromatic heterocycles. The van der Waals surface area contributed by atoms with Gasteiger partial charge in [0.2, 0.25) is 11.8 Å². The number of hydrogen-bond donors (Lipinski definition) is 2. The van der Waals surface area contributed by atoms with Gasteiger partial charge in [-0.2, -0.15) is 0 Å². The monoisotopic (exact) mass is 399 g/mol. The summed E-state index contributed by atoms with van der Waals surface area (Å²) >= 11 is 7.28. The number of benzene rings is 2. The van der Waals surface area contributed by atoms with Crippen LogP contribution in [0, 0.1) is 0 Å². The molecule has 0 unspecified atom stereocenters. The van der Waals surface area contributed by atoms with E-state index in [1.165, 1.54) is 0 Å². The predicted molar refractivity (Wildman–Crippen MR) is 109 cm³/mol. The van der Waals surface area contributed by atoms with Crippen LogP contribution in [-0.4, -0.2) is 17.0 Å². The second kappa shape index (κ2) is 7.76. The van der Waals surface area contributed by atoms with Crippen LogP contribution in [0.3, 0.4) is 0 Å². The average molecular weight is 400 g/mol. The Bertz CT molecular complexity index is 1010. The number of fused-ring (bicyclic) bond motifs is 1. The maximum absolute atomic E-state index is 12.5. The van der Waals surface area contributed by atoms with Gasteiger partial charge in [-0.15, -0.1) is 0 Å². The van der Waals surface area contributed by atoms with Gasteiger partial charge in [-0.05, 0) is 54.6 Å². The molecule has 0 saturated heterocycles. The molecule has 0 aliphatic heterocycles. The first-order valence-corrected chi connectivity index (χ1v) is 9.89. The van der Waals surface area contributed by atoms with Gasteiger partial charge in [0.25, 0.3) is 0 Å². The van der Waals surface area contributed by atoms with E-state index in [2.05, 4.69) is 10.3 Å². The number of rotatable bonds is 6. The lowest BCUT2D eigenvalue weighted by Crippen LogP contribution is -2.14. The third kappa shape index (κ3) is 4.18. The normalized spacial score (nSPS) is 13.6. The lowest BCUT2D eigenvalue weighted by Gasteiger charge is -2.13. The van der Waals surface area contributed by atoms with Crippen LogP contribution in [0.1, 0.15) is 18.4 Å². The topological polar surface area (TPSA) is 77.2 Å². The van der Waals surface area contributed by atoms with Gasteiger partial charge < -0.3 is 10.1 Å². The predicted octanol–water partition coefficient (Wildman–Crippen LogP) is 4.58. The Kier molecular flexibility index (Phi) is 5.20. The largest absolute Gasteiger partial charge is 0.474 e. The molecular formula is C20H18ClN3O2S. The van der Waals surface area contributed by atoms with Crippen molar-refractivity contribution in [1.82, 2.24) is 4.98 Å². The highest BCUT2D eigenvalue weighted by atomic mass is 35.5. The highest BCUT2D eigenvalue weighted by Crippen LogP contribution is 2.36. The Balaban J connectivity index is 1.62. The molecular weight excluding hydrogens is 382 g/mol. The van der Waals surface area contributed by atoms with E-state index in [-0.39, 0.29) is 18.4 Å². The Morgan fingerprint density at radius 3 is 2.81 bits per heavy atom. The molecule has 2 aromatic carbocycles. The van der Waals surface area contributed by atoms with Gasteiger partial charge in [-0.3, -0.25) is 9.93 Å². The number of nitrogens with two attached hydrogens (primary N) is 1. The van der Waals surface area contributed by atoms with Gasteiger partial charge in [0.15, 0.2) is 0 Å². The van der Waals surface area contributed by atoms with E-state index in [1.54, 1.807) is 12.3 Å². The molecule has 4 rings (SSSR count). The van der Waals surface area contributed by atoms with E-state index >= 15 is 0 Å². The average Bonchev–Trinajstić information content (AvgIpc) is 3.47. The van der Waals surface area contributed by atoms with Gasteiger partial charge >= 0.3 is 0 Å². The summed E-state index contributed by atoms with van der Waals surface area (Å²) in [4.78, 5) is 17.7. The summed E-state index contributed by atoms with van der Waals surface area (Å²) in [5.41, 5.74) is 1.44. The van der Waals surface area contributed by atoms with Crippen molar-refractivity contribution in [3.63, 3.8) is 0 Å². The van der Waals surface area contributed by atoms with E-state index in [0.717, 1.165) is 46.0 Å². The molecule has 3 aromatic rings. The van der Waals surface area contributed by atoms with E-state index in [1.807, 2.05) is 36.4 Å². The number of halogens is 1. The van der Waals surface area contributed by atoms with Gasteiger partial charge in [-0.1, -0.05) is 29.8 Å². The highest BCUT2D eigenvalue weighted by Gasteiger charge is 2.25. The maximum Gasteiger partial charge on any atom is 0.228 e. The first-order chi connectivity index (χ1) is 13.1. The molecule has 0 radical (unpaired) electrons. The Morgan fingerprint density at radius 2 is 2.07 bits per heavy atom. The van der Waals surface area contributed by atoms with Crippen molar-refractivity contribution in [3.05, 3.63) is 59.2 Å². The number of amides is 1. The molecule has 1 fully saturated rings. The summed E-state index contributed by atoms with van der Waals surface area (Å²) in [5.74, 6) is 0.427. The molecule has 1 heterocycles. The number of ether oxygens (including phenoxy) is 1. The number of aromatic nitrogens is 1. The number of nitrogens with zero attached hydrogens (tertiary/aromatic N) is 1. The molecule has 5 nitrogen and oxygen atoms in total. The van der Waals surface area contributed by atoms with Crippen molar-refractivity contribution in [2.24, 2.45) is 5.14 Å². The standard InChI is InChI=1S/C20H18ClN3O2S/c21-17-4-2-1-3-12(17)9-19(25)24-13-10-16-15(18(11-13)27-22)7-8-23-20(16)26-14-5-6-14/h1-4,7-8,10-11,14H,5-6,9,22H2,(H,24,25). The van der Waals surface area contributed by atoms with Gasteiger partial charge in [0.1, 0.15) is 6.10 Å². The SMILES string of the molecule is NSc1cc(NC(=O)Cc2ccccc2Cl)cc2c(OC3CC3)nccc12. The molecule has 1 aliphatic carbocycles. The van der Waals surface area contributed by atoms with E-state index in [0.29, 0.717) is 16.6 Å². The number of anilines is 1. The first-order valence-electron chi connectivity index (χ1n) is 8.63. The van der Waals surface area contributed by atoms with Crippen molar-refractivity contribution in [2.75, 3.05) is 5.32 Å². The number of carbonyl (C=O) groups excluding carboxylic acids is 1. The second-order valence-electron chi connectivity index (χ2n) is 6.44. The zero-order valence-electron chi connectivity index (χ0n) is 14.4. The first kappa shape index (κ1) is 18.1. The minimum atomic E-state index is -0.149. The number of hydrogen-bond acceptors (Lipinski definition) is 5. The molecule has 138 valence electrons. The number of nitrogens with one attached hydrogen (secondary N) is 1. The number of carbonyl (C=O) groups is 1. The molecule has 0 atom stereocenters. The highest BCUT2D eigenvalue weighted by molar-refractivity contribution is 7.97. The zero-order valence-corrected chi connectivity index (χ0v) is 16.0. The molecule has 1 saturated carbocycles. The van der Waals surface area contributed by atoms with Crippen LogP contribution in [0.25, 0.3) is 10.8 Å². The van der Waals surface area contributed by atoms with E-state index in [9.17, 15) is 4.79 Å².